The van der Waals surface area contributed by atoms with Crippen molar-refractivity contribution >= 4 is 17.7 Å². The number of amides is 1. The summed E-state index contributed by atoms with van der Waals surface area (Å²) in [6, 6.07) is 6.78. The molecule has 1 N–H and O–H groups in total. The number of anilines is 1. The standard InChI is InChI=1S/C14H18N2O4/c1-2-20-14(19)16-9-7-15(8-10-16)12-5-3-11(4-6-12)13(17)18/h3-6H,2,7-10H2,1H3,(H,17,18). The Bertz CT molecular complexity index is 478. The predicted molar refractivity (Wildman–Crippen MR) is 74.2 cm³/mol. The third kappa shape index (κ3) is 3.20. The molecule has 0 unspecified atom stereocenters. The summed E-state index contributed by atoms with van der Waals surface area (Å²) in [5.41, 5.74) is 1.25. The van der Waals surface area contributed by atoms with Gasteiger partial charge in [-0.1, -0.05) is 0 Å². The lowest BCUT2D eigenvalue weighted by atomic mass is 10.2. The van der Waals surface area contributed by atoms with Gasteiger partial charge in [0.15, 0.2) is 0 Å². The summed E-state index contributed by atoms with van der Waals surface area (Å²) in [5, 5.41) is 8.86. The van der Waals surface area contributed by atoms with E-state index in [1.807, 2.05) is 0 Å². The Morgan fingerprint density at radius 3 is 2.25 bits per heavy atom. The van der Waals surface area contributed by atoms with E-state index >= 15 is 0 Å². The van der Waals surface area contributed by atoms with Crippen LogP contribution < -0.4 is 4.90 Å². The van der Waals surface area contributed by atoms with E-state index < -0.39 is 5.97 Å². The maximum Gasteiger partial charge on any atom is 0.409 e. The molecule has 6 nitrogen and oxygen atoms in total. The molecule has 1 amide bonds. The van der Waals surface area contributed by atoms with Crippen LogP contribution in [0.5, 0.6) is 0 Å². The van der Waals surface area contributed by atoms with Crippen molar-refractivity contribution in [2.75, 3.05) is 37.7 Å². The molecule has 108 valence electrons. The predicted octanol–water partition coefficient (Wildman–Crippen LogP) is 1.66. The van der Waals surface area contributed by atoms with Gasteiger partial charge in [0.1, 0.15) is 0 Å². The first kappa shape index (κ1) is 14.2. The summed E-state index contributed by atoms with van der Waals surface area (Å²) in [7, 11) is 0. The SMILES string of the molecule is CCOC(=O)N1CCN(c2ccc(C(=O)O)cc2)CC1. The second-order valence-corrected chi connectivity index (χ2v) is 4.53. The largest absolute Gasteiger partial charge is 0.478 e. The Morgan fingerprint density at radius 1 is 1.15 bits per heavy atom. The van der Waals surface area contributed by atoms with Crippen LogP contribution in [0.4, 0.5) is 10.5 Å². The molecule has 0 aliphatic carbocycles. The number of carboxylic acids is 1. The second kappa shape index (κ2) is 6.27. The van der Waals surface area contributed by atoms with Gasteiger partial charge in [-0.15, -0.1) is 0 Å². The fraction of sp³-hybridized carbons (Fsp3) is 0.429. The number of rotatable bonds is 3. The number of hydrogen-bond acceptors (Lipinski definition) is 4. The van der Waals surface area contributed by atoms with E-state index in [0.717, 1.165) is 5.69 Å². The van der Waals surface area contributed by atoms with Crippen molar-refractivity contribution in [1.29, 1.82) is 0 Å². The van der Waals surface area contributed by atoms with Gasteiger partial charge in [0.2, 0.25) is 0 Å². The van der Waals surface area contributed by atoms with E-state index in [9.17, 15) is 9.59 Å². The first-order valence-electron chi connectivity index (χ1n) is 6.62. The molecule has 0 atom stereocenters. The van der Waals surface area contributed by atoms with Crippen LogP contribution in [0.25, 0.3) is 0 Å². The van der Waals surface area contributed by atoms with Gasteiger partial charge in [-0.05, 0) is 31.2 Å². The van der Waals surface area contributed by atoms with Crippen molar-refractivity contribution in [3.05, 3.63) is 29.8 Å². The molecule has 0 saturated carbocycles. The molecule has 1 saturated heterocycles. The summed E-state index contributed by atoms with van der Waals surface area (Å²) in [6.45, 7) is 4.82. The summed E-state index contributed by atoms with van der Waals surface area (Å²) < 4.78 is 4.97. The molecule has 1 aromatic rings. The highest BCUT2D eigenvalue weighted by Crippen LogP contribution is 2.17. The number of carbonyl (C=O) groups is 2. The maximum absolute atomic E-state index is 11.6. The average Bonchev–Trinajstić information content (AvgIpc) is 2.48. The van der Waals surface area contributed by atoms with E-state index in [1.54, 1.807) is 36.1 Å². The molecule has 1 aliphatic heterocycles. The highest BCUT2D eigenvalue weighted by molar-refractivity contribution is 5.88. The monoisotopic (exact) mass is 278 g/mol. The molecule has 20 heavy (non-hydrogen) atoms. The minimum atomic E-state index is -0.927. The number of carbonyl (C=O) groups excluding carboxylic acids is 1. The molecule has 1 aromatic carbocycles. The van der Waals surface area contributed by atoms with Gasteiger partial charge in [0, 0.05) is 31.9 Å². The van der Waals surface area contributed by atoms with Gasteiger partial charge in [-0.3, -0.25) is 0 Å². The number of piperazine rings is 1. The highest BCUT2D eigenvalue weighted by atomic mass is 16.6. The lowest BCUT2D eigenvalue weighted by Gasteiger charge is -2.35. The van der Waals surface area contributed by atoms with Crippen LogP contribution in [0.2, 0.25) is 0 Å². The smallest absolute Gasteiger partial charge is 0.409 e. The van der Waals surface area contributed by atoms with E-state index in [-0.39, 0.29) is 11.7 Å². The third-order valence-corrected chi connectivity index (χ3v) is 3.29. The first-order chi connectivity index (χ1) is 9.61. The van der Waals surface area contributed by atoms with Gasteiger partial charge >= 0.3 is 12.1 Å². The molecular weight excluding hydrogens is 260 g/mol. The van der Waals surface area contributed by atoms with Gasteiger partial charge in [0.05, 0.1) is 12.2 Å². The lowest BCUT2D eigenvalue weighted by molar-refractivity contribution is 0.0696. The molecule has 0 spiro atoms. The number of nitrogens with zero attached hydrogens (tertiary/aromatic N) is 2. The van der Waals surface area contributed by atoms with Crippen LogP contribution >= 0.6 is 0 Å². The highest BCUT2D eigenvalue weighted by Gasteiger charge is 2.22. The average molecular weight is 278 g/mol. The molecule has 6 heteroatoms. The Morgan fingerprint density at radius 2 is 1.75 bits per heavy atom. The molecule has 0 aromatic heterocycles. The number of carboxylic acid groups (broad SMARTS) is 1. The van der Waals surface area contributed by atoms with Crippen molar-refractivity contribution in [3.8, 4) is 0 Å². The zero-order chi connectivity index (χ0) is 14.5. The fourth-order valence-electron chi connectivity index (χ4n) is 2.18. The summed E-state index contributed by atoms with van der Waals surface area (Å²) in [6.07, 6.45) is -0.270. The third-order valence-electron chi connectivity index (χ3n) is 3.29. The first-order valence-corrected chi connectivity index (χ1v) is 6.62. The summed E-state index contributed by atoms with van der Waals surface area (Å²) in [5.74, 6) is -0.927. The number of aromatic carboxylic acids is 1. The fourth-order valence-corrected chi connectivity index (χ4v) is 2.18. The topological polar surface area (TPSA) is 70.1 Å². The van der Waals surface area contributed by atoms with Crippen LogP contribution in [0.15, 0.2) is 24.3 Å². The molecule has 2 rings (SSSR count). The molecular formula is C14H18N2O4. The minimum absolute atomic E-state index is 0.270. The van der Waals surface area contributed by atoms with Crippen LogP contribution in [-0.4, -0.2) is 54.9 Å². The van der Waals surface area contributed by atoms with E-state index in [4.69, 9.17) is 9.84 Å². The summed E-state index contributed by atoms with van der Waals surface area (Å²) in [4.78, 5) is 26.2. The molecule has 1 fully saturated rings. The Hall–Kier alpha value is -2.24. The van der Waals surface area contributed by atoms with Crippen LogP contribution in [0.1, 0.15) is 17.3 Å². The number of ether oxygens (including phenoxy) is 1. The zero-order valence-corrected chi connectivity index (χ0v) is 11.4. The van der Waals surface area contributed by atoms with Crippen molar-refractivity contribution < 1.29 is 19.4 Å². The van der Waals surface area contributed by atoms with Crippen LogP contribution in [0, 0.1) is 0 Å². The Kier molecular flexibility index (Phi) is 4.45. The Balaban J connectivity index is 1.93. The van der Waals surface area contributed by atoms with Gasteiger partial charge in [0.25, 0.3) is 0 Å². The van der Waals surface area contributed by atoms with Crippen LogP contribution in [0.3, 0.4) is 0 Å². The maximum atomic E-state index is 11.6. The van der Waals surface area contributed by atoms with E-state index in [2.05, 4.69) is 4.90 Å². The summed E-state index contributed by atoms with van der Waals surface area (Å²) >= 11 is 0. The number of hydrogen-bond donors (Lipinski definition) is 1. The molecule has 0 bridgehead atoms. The molecule has 0 radical (unpaired) electrons. The quantitative estimate of drug-likeness (QED) is 0.910. The van der Waals surface area contributed by atoms with Gasteiger partial charge in [-0.25, -0.2) is 9.59 Å². The van der Waals surface area contributed by atoms with Crippen molar-refractivity contribution in [1.82, 2.24) is 4.90 Å². The normalized spacial score (nSPS) is 15.1. The van der Waals surface area contributed by atoms with Crippen molar-refractivity contribution in [2.45, 2.75) is 6.92 Å². The lowest BCUT2D eigenvalue weighted by Crippen LogP contribution is -2.49. The Labute approximate surface area is 117 Å². The van der Waals surface area contributed by atoms with E-state index in [0.29, 0.717) is 32.8 Å². The molecule has 1 heterocycles. The second-order valence-electron chi connectivity index (χ2n) is 4.53. The van der Waals surface area contributed by atoms with Gasteiger partial charge in [-0.2, -0.15) is 0 Å². The van der Waals surface area contributed by atoms with Crippen LogP contribution in [-0.2, 0) is 4.74 Å². The van der Waals surface area contributed by atoms with Crippen molar-refractivity contribution in [3.63, 3.8) is 0 Å². The number of benzene rings is 1. The van der Waals surface area contributed by atoms with Gasteiger partial charge < -0.3 is 19.6 Å². The zero-order valence-electron chi connectivity index (χ0n) is 11.4. The molecule has 1 aliphatic rings. The minimum Gasteiger partial charge on any atom is -0.478 e. The van der Waals surface area contributed by atoms with Crippen molar-refractivity contribution in [2.24, 2.45) is 0 Å². The van der Waals surface area contributed by atoms with E-state index in [1.165, 1.54) is 0 Å².